The standard InChI is InChI=1S/C26H35NO3/c1-4-5-6-7-8-9-23-25(28)18-24(19-10-14-21(29-2)15-11-19)27-26(23)20-12-16-22(30-3)17-13-20/h10-17,23-24,26-27H,4-9,18H2,1-3H3/t23-,24-,26-/m1/s1. The van der Waals surface area contributed by atoms with Gasteiger partial charge in [-0.25, -0.2) is 0 Å². The van der Waals surface area contributed by atoms with E-state index >= 15 is 0 Å². The van der Waals surface area contributed by atoms with Gasteiger partial charge in [0.1, 0.15) is 17.3 Å². The van der Waals surface area contributed by atoms with Gasteiger partial charge in [-0.2, -0.15) is 0 Å². The fourth-order valence-electron chi connectivity index (χ4n) is 4.42. The largest absolute Gasteiger partial charge is 0.497 e. The molecule has 1 aliphatic rings. The number of unbranched alkanes of at least 4 members (excludes halogenated alkanes) is 4. The van der Waals surface area contributed by atoms with Gasteiger partial charge >= 0.3 is 0 Å². The van der Waals surface area contributed by atoms with Crippen LogP contribution in [0.15, 0.2) is 48.5 Å². The minimum absolute atomic E-state index is 0.0202. The molecule has 1 heterocycles. The van der Waals surface area contributed by atoms with Crippen LogP contribution in [0.25, 0.3) is 0 Å². The summed E-state index contributed by atoms with van der Waals surface area (Å²) in [7, 11) is 3.35. The average Bonchev–Trinajstić information content (AvgIpc) is 2.79. The molecule has 0 amide bonds. The van der Waals surface area contributed by atoms with Crippen molar-refractivity contribution >= 4 is 5.78 Å². The summed E-state index contributed by atoms with van der Waals surface area (Å²) in [6.07, 6.45) is 7.57. The molecule has 4 nitrogen and oxygen atoms in total. The van der Waals surface area contributed by atoms with Crippen molar-refractivity contribution in [3.05, 3.63) is 59.7 Å². The van der Waals surface area contributed by atoms with Gasteiger partial charge in [0.05, 0.1) is 14.2 Å². The average molecular weight is 410 g/mol. The highest BCUT2D eigenvalue weighted by atomic mass is 16.5. The lowest BCUT2D eigenvalue weighted by Crippen LogP contribution is -2.42. The number of carbonyl (C=O) groups is 1. The summed E-state index contributed by atoms with van der Waals surface area (Å²) in [5.74, 6) is 2.06. The van der Waals surface area contributed by atoms with Crippen molar-refractivity contribution in [3.8, 4) is 11.5 Å². The number of methoxy groups -OCH3 is 2. The molecule has 0 spiro atoms. The van der Waals surface area contributed by atoms with Crippen molar-refractivity contribution in [1.29, 1.82) is 0 Å². The Morgan fingerprint density at radius 3 is 1.97 bits per heavy atom. The minimum atomic E-state index is 0.0202. The van der Waals surface area contributed by atoms with Gasteiger partial charge in [0.25, 0.3) is 0 Å². The van der Waals surface area contributed by atoms with Gasteiger partial charge in [0, 0.05) is 24.4 Å². The zero-order valence-electron chi connectivity index (χ0n) is 18.5. The van der Waals surface area contributed by atoms with E-state index in [0.717, 1.165) is 35.5 Å². The van der Waals surface area contributed by atoms with Gasteiger partial charge in [-0.1, -0.05) is 63.3 Å². The first-order valence-corrected chi connectivity index (χ1v) is 11.2. The van der Waals surface area contributed by atoms with E-state index in [4.69, 9.17) is 9.47 Å². The zero-order chi connectivity index (χ0) is 21.3. The molecule has 0 saturated carbocycles. The fourth-order valence-corrected chi connectivity index (χ4v) is 4.42. The van der Waals surface area contributed by atoms with E-state index in [2.05, 4.69) is 36.5 Å². The Bertz CT molecular complexity index is 785. The Morgan fingerprint density at radius 2 is 1.40 bits per heavy atom. The number of ether oxygens (including phenoxy) is 2. The predicted molar refractivity (Wildman–Crippen MR) is 121 cm³/mol. The lowest BCUT2D eigenvalue weighted by atomic mass is 9.78. The van der Waals surface area contributed by atoms with Crippen LogP contribution in [0.5, 0.6) is 11.5 Å². The predicted octanol–water partition coefficient (Wildman–Crippen LogP) is 6.03. The van der Waals surface area contributed by atoms with Crippen molar-refractivity contribution in [2.45, 2.75) is 64.0 Å². The SMILES string of the molecule is CCCCCCC[C@@H]1C(=O)C[C@H](c2ccc(OC)cc2)N[C@@H]1c1ccc(OC)cc1. The number of nitrogens with one attached hydrogen (secondary N) is 1. The summed E-state index contributed by atoms with van der Waals surface area (Å²) in [5.41, 5.74) is 2.28. The molecule has 0 bridgehead atoms. The number of hydrogen-bond acceptors (Lipinski definition) is 4. The lowest BCUT2D eigenvalue weighted by Gasteiger charge is -2.37. The number of rotatable bonds is 10. The Kier molecular flexibility index (Phi) is 8.32. The highest BCUT2D eigenvalue weighted by Gasteiger charge is 2.37. The number of hydrogen-bond donors (Lipinski definition) is 1. The normalized spacial score (nSPS) is 21.4. The minimum Gasteiger partial charge on any atom is -0.497 e. The maximum atomic E-state index is 13.2. The Labute approximate surface area is 181 Å². The van der Waals surface area contributed by atoms with Gasteiger partial charge in [-0.15, -0.1) is 0 Å². The van der Waals surface area contributed by atoms with E-state index in [1.54, 1.807) is 14.2 Å². The zero-order valence-corrected chi connectivity index (χ0v) is 18.5. The molecule has 1 fully saturated rings. The molecule has 2 aromatic carbocycles. The van der Waals surface area contributed by atoms with Crippen LogP contribution >= 0.6 is 0 Å². The third-order valence-electron chi connectivity index (χ3n) is 6.21. The van der Waals surface area contributed by atoms with Crippen molar-refractivity contribution < 1.29 is 14.3 Å². The van der Waals surface area contributed by atoms with Crippen LogP contribution in [0, 0.1) is 5.92 Å². The fraction of sp³-hybridized carbons (Fsp3) is 0.500. The van der Waals surface area contributed by atoms with Crippen LogP contribution in [0.3, 0.4) is 0 Å². The first-order chi connectivity index (χ1) is 14.7. The second-order valence-corrected chi connectivity index (χ2v) is 8.22. The molecule has 0 aliphatic carbocycles. The van der Waals surface area contributed by atoms with Gasteiger partial charge in [-0.05, 0) is 41.8 Å². The Hall–Kier alpha value is -2.33. The summed E-state index contributed by atoms with van der Waals surface area (Å²) in [6, 6.07) is 16.2. The van der Waals surface area contributed by atoms with Gasteiger partial charge in [0.15, 0.2) is 0 Å². The van der Waals surface area contributed by atoms with Crippen LogP contribution in [0.4, 0.5) is 0 Å². The van der Waals surface area contributed by atoms with Crippen LogP contribution in [-0.4, -0.2) is 20.0 Å². The summed E-state index contributed by atoms with van der Waals surface area (Å²) < 4.78 is 10.6. The second-order valence-electron chi connectivity index (χ2n) is 8.22. The quantitative estimate of drug-likeness (QED) is 0.487. The van der Waals surface area contributed by atoms with Crippen LogP contribution < -0.4 is 14.8 Å². The van der Waals surface area contributed by atoms with Crippen LogP contribution in [0.1, 0.15) is 75.1 Å². The first kappa shape index (κ1) is 22.4. The van der Waals surface area contributed by atoms with Crippen molar-refractivity contribution in [2.75, 3.05) is 14.2 Å². The molecular formula is C26H35NO3. The number of benzene rings is 2. The van der Waals surface area contributed by atoms with E-state index in [0.29, 0.717) is 12.2 Å². The van der Waals surface area contributed by atoms with Gasteiger partial charge in [0.2, 0.25) is 0 Å². The molecule has 4 heteroatoms. The second kappa shape index (κ2) is 11.2. The maximum absolute atomic E-state index is 13.2. The Balaban J connectivity index is 1.78. The smallest absolute Gasteiger partial charge is 0.139 e. The molecule has 162 valence electrons. The third kappa shape index (κ3) is 5.63. The van der Waals surface area contributed by atoms with E-state index in [9.17, 15) is 4.79 Å². The third-order valence-corrected chi connectivity index (χ3v) is 6.21. The molecule has 0 aromatic heterocycles. The lowest BCUT2D eigenvalue weighted by molar-refractivity contribution is -0.127. The topological polar surface area (TPSA) is 47.6 Å². The van der Waals surface area contributed by atoms with Crippen molar-refractivity contribution in [2.24, 2.45) is 5.92 Å². The number of Topliss-reactive ketones (excluding diaryl/α,β-unsaturated/α-hetero) is 1. The summed E-state index contributed by atoms with van der Waals surface area (Å²) >= 11 is 0. The summed E-state index contributed by atoms with van der Waals surface area (Å²) in [4.78, 5) is 13.2. The molecule has 1 N–H and O–H groups in total. The van der Waals surface area contributed by atoms with Crippen LogP contribution in [0.2, 0.25) is 0 Å². The van der Waals surface area contributed by atoms with E-state index in [-0.39, 0.29) is 18.0 Å². The van der Waals surface area contributed by atoms with Crippen molar-refractivity contribution in [3.63, 3.8) is 0 Å². The molecule has 1 saturated heterocycles. The molecule has 3 atom stereocenters. The van der Waals surface area contributed by atoms with E-state index in [1.807, 2.05) is 24.3 Å². The highest BCUT2D eigenvalue weighted by Crippen LogP contribution is 2.38. The molecule has 30 heavy (non-hydrogen) atoms. The molecule has 0 radical (unpaired) electrons. The number of ketones is 1. The van der Waals surface area contributed by atoms with Gasteiger partial charge < -0.3 is 14.8 Å². The van der Waals surface area contributed by atoms with Gasteiger partial charge in [-0.3, -0.25) is 4.79 Å². The monoisotopic (exact) mass is 409 g/mol. The molecular weight excluding hydrogens is 374 g/mol. The van der Waals surface area contributed by atoms with Crippen molar-refractivity contribution in [1.82, 2.24) is 5.32 Å². The van der Waals surface area contributed by atoms with E-state index < -0.39 is 0 Å². The number of piperidine rings is 1. The molecule has 3 rings (SSSR count). The summed E-state index contributed by atoms with van der Waals surface area (Å²) in [6.45, 7) is 2.23. The molecule has 0 unspecified atom stereocenters. The molecule has 1 aliphatic heterocycles. The maximum Gasteiger partial charge on any atom is 0.139 e. The van der Waals surface area contributed by atoms with E-state index in [1.165, 1.54) is 25.7 Å². The highest BCUT2D eigenvalue weighted by molar-refractivity contribution is 5.83. The summed E-state index contributed by atoms with van der Waals surface area (Å²) in [5, 5.41) is 3.79. The number of carbonyl (C=O) groups excluding carboxylic acids is 1. The van der Waals surface area contributed by atoms with Crippen LogP contribution in [-0.2, 0) is 4.79 Å². The Morgan fingerprint density at radius 1 is 0.833 bits per heavy atom. The first-order valence-electron chi connectivity index (χ1n) is 11.2. The molecule has 2 aromatic rings.